The maximum Gasteiger partial charge on any atom is 0.420 e. The van der Waals surface area contributed by atoms with Crippen molar-refractivity contribution in [1.29, 1.82) is 0 Å². The van der Waals surface area contributed by atoms with Gasteiger partial charge in [-0.15, -0.1) is 10.2 Å². The predicted molar refractivity (Wildman–Crippen MR) is 111 cm³/mol. The minimum absolute atomic E-state index is 0.183. The van der Waals surface area contributed by atoms with E-state index in [-0.39, 0.29) is 12.2 Å². The summed E-state index contributed by atoms with van der Waals surface area (Å²) in [5.74, 6) is -0.578. The Hall–Kier alpha value is -4.21. The van der Waals surface area contributed by atoms with Crippen molar-refractivity contribution in [3.63, 3.8) is 0 Å². The van der Waals surface area contributed by atoms with Crippen LogP contribution in [0.3, 0.4) is 0 Å². The predicted octanol–water partition coefficient (Wildman–Crippen LogP) is 1.79. The van der Waals surface area contributed by atoms with Gasteiger partial charge in [-0.05, 0) is 31.2 Å². The van der Waals surface area contributed by atoms with Crippen LogP contribution in [0.15, 0.2) is 62.5 Å². The molecule has 1 atom stereocenters. The lowest BCUT2D eigenvalue weighted by Gasteiger charge is -2.12. The number of para-hydroxylation sites is 3. The maximum absolute atomic E-state index is 12.7. The van der Waals surface area contributed by atoms with Gasteiger partial charge in [0.15, 0.2) is 18.0 Å². The molecule has 0 amide bonds. The molecule has 0 aliphatic rings. The Bertz CT molecular complexity index is 1590. The quantitative estimate of drug-likeness (QED) is 0.408. The number of ether oxygens (including phenoxy) is 1. The van der Waals surface area contributed by atoms with Crippen molar-refractivity contribution in [2.24, 2.45) is 7.05 Å². The zero-order valence-electron chi connectivity index (χ0n) is 16.7. The molecule has 0 aliphatic heterocycles. The number of benzene rings is 2. The van der Waals surface area contributed by atoms with Crippen molar-refractivity contribution < 1.29 is 13.9 Å². The minimum Gasteiger partial charge on any atom is -0.456 e. The van der Waals surface area contributed by atoms with Crippen LogP contribution >= 0.6 is 0 Å². The Morgan fingerprint density at radius 2 is 1.77 bits per heavy atom. The summed E-state index contributed by atoms with van der Waals surface area (Å²) in [6, 6.07) is 13.0. The summed E-state index contributed by atoms with van der Waals surface area (Å²) in [4.78, 5) is 37.5. The summed E-state index contributed by atoms with van der Waals surface area (Å²) < 4.78 is 15.0. The number of nitrogens with zero attached hydrogens (tertiary/aromatic N) is 5. The minimum atomic E-state index is -0.906. The lowest BCUT2D eigenvalue weighted by molar-refractivity contribution is -0.148. The third kappa shape index (κ3) is 2.83. The van der Waals surface area contributed by atoms with E-state index in [0.717, 1.165) is 0 Å². The van der Waals surface area contributed by atoms with E-state index in [1.54, 1.807) is 66.9 Å². The van der Waals surface area contributed by atoms with Gasteiger partial charge < -0.3 is 9.15 Å². The number of aromatic nitrogens is 5. The molecule has 0 saturated carbocycles. The van der Waals surface area contributed by atoms with Gasteiger partial charge >= 0.3 is 11.7 Å². The molecule has 0 aliphatic carbocycles. The van der Waals surface area contributed by atoms with E-state index in [1.165, 1.54) is 9.13 Å². The molecule has 5 rings (SSSR count). The molecular weight excluding hydrogens is 402 g/mol. The van der Waals surface area contributed by atoms with Crippen molar-refractivity contribution in [2.45, 2.75) is 19.6 Å². The fraction of sp³-hybridized carbons (Fsp3) is 0.190. The molecule has 3 heterocycles. The summed E-state index contributed by atoms with van der Waals surface area (Å²) in [6.07, 6.45) is 0. The molecule has 10 nitrogen and oxygen atoms in total. The second kappa shape index (κ2) is 6.94. The molecule has 3 aromatic heterocycles. The molecule has 0 bridgehead atoms. The average molecular weight is 419 g/mol. The summed E-state index contributed by atoms with van der Waals surface area (Å²) in [7, 11) is 1.60. The fourth-order valence-electron chi connectivity index (χ4n) is 3.70. The van der Waals surface area contributed by atoms with E-state index in [4.69, 9.17) is 9.15 Å². The van der Waals surface area contributed by atoms with Gasteiger partial charge in [0.25, 0.3) is 5.56 Å². The highest BCUT2D eigenvalue weighted by Gasteiger charge is 2.23. The van der Waals surface area contributed by atoms with Crippen LogP contribution in [0.4, 0.5) is 0 Å². The molecule has 10 heteroatoms. The molecular formula is C21H17N5O5. The van der Waals surface area contributed by atoms with Gasteiger partial charge in [0, 0.05) is 7.05 Å². The van der Waals surface area contributed by atoms with Crippen molar-refractivity contribution in [3.05, 3.63) is 75.3 Å². The van der Waals surface area contributed by atoms with Crippen LogP contribution in [0, 0.1) is 0 Å². The Kier molecular flexibility index (Phi) is 4.21. The smallest absolute Gasteiger partial charge is 0.420 e. The van der Waals surface area contributed by atoms with E-state index >= 15 is 0 Å². The summed E-state index contributed by atoms with van der Waals surface area (Å²) in [6.45, 7) is 1.38. The lowest BCUT2D eigenvalue weighted by atomic mass is 10.2. The van der Waals surface area contributed by atoms with Crippen LogP contribution in [0.2, 0.25) is 0 Å². The van der Waals surface area contributed by atoms with Crippen LogP contribution < -0.4 is 11.3 Å². The third-order valence-electron chi connectivity index (χ3n) is 5.28. The number of rotatable bonds is 4. The van der Waals surface area contributed by atoms with E-state index in [0.29, 0.717) is 33.6 Å². The summed E-state index contributed by atoms with van der Waals surface area (Å²) >= 11 is 0. The molecule has 0 fully saturated rings. The van der Waals surface area contributed by atoms with Crippen molar-refractivity contribution in [3.8, 4) is 0 Å². The first-order valence-corrected chi connectivity index (χ1v) is 9.56. The Morgan fingerprint density at radius 1 is 1.06 bits per heavy atom. The van der Waals surface area contributed by atoms with Gasteiger partial charge in [0.2, 0.25) is 5.78 Å². The van der Waals surface area contributed by atoms with Crippen molar-refractivity contribution in [1.82, 2.24) is 23.7 Å². The molecule has 31 heavy (non-hydrogen) atoms. The lowest BCUT2D eigenvalue weighted by Crippen LogP contribution is -2.26. The molecule has 1 unspecified atom stereocenters. The number of hydrogen-bond donors (Lipinski definition) is 0. The number of hydrogen-bond acceptors (Lipinski definition) is 7. The number of esters is 1. The molecule has 156 valence electrons. The number of oxazole rings is 1. The van der Waals surface area contributed by atoms with Crippen LogP contribution in [0.1, 0.15) is 18.8 Å². The summed E-state index contributed by atoms with van der Waals surface area (Å²) in [5.41, 5.74) is 1.31. The van der Waals surface area contributed by atoms with Crippen LogP contribution in [0.25, 0.3) is 27.8 Å². The first-order chi connectivity index (χ1) is 15.0. The molecule has 0 N–H and O–H groups in total. The molecule has 0 spiro atoms. The molecule has 0 saturated heterocycles. The van der Waals surface area contributed by atoms with Gasteiger partial charge in [-0.3, -0.25) is 18.3 Å². The van der Waals surface area contributed by atoms with E-state index in [2.05, 4.69) is 10.2 Å². The van der Waals surface area contributed by atoms with Crippen LogP contribution in [0.5, 0.6) is 0 Å². The van der Waals surface area contributed by atoms with Gasteiger partial charge in [0.1, 0.15) is 6.04 Å². The van der Waals surface area contributed by atoms with E-state index < -0.39 is 17.8 Å². The zero-order chi connectivity index (χ0) is 21.7. The topological polar surface area (TPSA) is 114 Å². The largest absolute Gasteiger partial charge is 0.456 e. The molecule has 5 aromatic rings. The Labute approximate surface area is 173 Å². The normalized spacial score (nSPS) is 12.6. The fourth-order valence-corrected chi connectivity index (χ4v) is 3.70. The van der Waals surface area contributed by atoms with Gasteiger partial charge in [-0.2, -0.15) is 0 Å². The van der Waals surface area contributed by atoms with Crippen LogP contribution in [-0.4, -0.2) is 29.7 Å². The number of carbonyl (C=O) groups is 1. The Morgan fingerprint density at radius 3 is 2.58 bits per heavy atom. The average Bonchev–Trinajstić information content (AvgIpc) is 3.35. The highest BCUT2D eigenvalue weighted by molar-refractivity contribution is 5.81. The maximum atomic E-state index is 12.7. The van der Waals surface area contributed by atoms with Gasteiger partial charge in [0.05, 0.1) is 16.4 Å². The van der Waals surface area contributed by atoms with E-state index in [1.807, 2.05) is 0 Å². The monoisotopic (exact) mass is 419 g/mol. The SMILES string of the molecule is CC(C(=O)OCc1nnc2n(C)c(=O)c3ccccc3n12)n1c(=O)oc2ccccc21. The first kappa shape index (κ1) is 18.8. The third-order valence-corrected chi connectivity index (χ3v) is 5.28. The van der Waals surface area contributed by atoms with Crippen molar-refractivity contribution >= 4 is 33.7 Å². The first-order valence-electron chi connectivity index (χ1n) is 9.56. The molecule has 2 aromatic carbocycles. The number of carbonyl (C=O) groups excluding carboxylic acids is 1. The van der Waals surface area contributed by atoms with Gasteiger partial charge in [-0.25, -0.2) is 9.59 Å². The standard InChI is InChI=1S/C21H17N5O5/c1-12(25-15-9-5-6-10-16(15)31-21(25)29)19(28)30-11-17-22-23-20-24(2)18(27)13-7-3-4-8-14(13)26(17)20/h3-10,12H,11H2,1-2H3. The zero-order valence-corrected chi connectivity index (χ0v) is 16.7. The molecule has 0 radical (unpaired) electrons. The highest BCUT2D eigenvalue weighted by Crippen LogP contribution is 2.19. The second-order valence-electron chi connectivity index (χ2n) is 7.12. The Balaban J connectivity index is 1.49. The summed E-state index contributed by atoms with van der Waals surface area (Å²) in [5, 5.41) is 8.66. The number of aryl methyl sites for hydroxylation is 1. The second-order valence-corrected chi connectivity index (χ2v) is 7.12. The van der Waals surface area contributed by atoms with Gasteiger partial charge in [-0.1, -0.05) is 24.3 Å². The highest BCUT2D eigenvalue weighted by atomic mass is 16.5. The number of fused-ring (bicyclic) bond motifs is 4. The van der Waals surface area contributed by atoms with E-state index in [9.17, 15) is 14.4 Å². The van der Waals surface area contributed by atoms with Crippen LogP contribution in [-0.2, 0) is 23.2 Å². The van der Waals surface area contributed by atoms with Crippen molar-refractivity contribution in [2.75, 3.05) is 0 Å².